The van der Waals surface area contributed by atoms with Crippen LogP contribution in [0.2, 0.25) is 0 Å². The number of rotatable bonds is 3. The molecule has 1 aliphatic rings. The highest BCUT2D eigenvalue weighted by molar-refractivity contribution is 5.60. The van der Waals surface area contributed by atoms with Gasteiger partial charge in [-0.05, 0) is 38.0 Å². The van der Waals surface area contributed by atoms with Crippen LogP contribution in [-0.4, -0.2) is 37.1 Å². The zero-order chi connectivity index (χ0) is 13.8. The fourth-order valence-electron chi connectivity index (χ4n) is 2.65. The highest BCUT2D eigenvalue weighted by Gasteiger charge is 2.20. The lowest BCUT2D eigenvalue weighted by atomic mass is 10.1. The Morgan fingerprint density at radius 2 is 1.89 bits per heavy atom. The van der Waals surface area contributed by atoms with Gasteiger partial charge in [0.15, 0.2) is 0 Å². The first kappa shape index (κ1) is 13.9. The Bertz CT molecular complexity index is 465. The van der Waals surface area contributed by atoms with E-state index in [-0.39, 0.29) is 0 Å². The average molecular weight is 257 g/mol. The van der Waals surface area contributed by atoms with Gasteiger partial charge in [-0.25, -0.2) is 0 Å². The summed E-state index contributed by atoms with van der Waals surface area (Å²) in [7, 11) is 0. The summed E-state index contributed by atoms with van der Waals surface area (Å²) in [5.74, 6) is 0. The molecule has 2 rings (SSSR count). The molecule has 1 saturated heterocycles. The van der Waals surface area contributed by atoms with E-state index < -0.39 is 0 Å². The Morgan fingerprint density at radius 1 is 1.21 bits per heavy atom. The topological polar surface area (TPSA) is 30.3 Å². The molecule has 1 aliphatic heterocycles. The number of aryl methyl sites for hydroxylation is 1. The molecule has 0 unspecified atom stereocenters. The summed E-state index contributed by atoms with van der Waals surface area (Å²) in [5, 5.41) is 9.32. The van der Waals surface area contributed by atoms with Gasteiger partial charge in [-0.2, -0.15) is 5.26 Å². The largest absolute Gasteiger partial charge is 0.368 e. The number of nitriles is 1. The first-order valence-corrected chi connectivity index (χ1v) is 7.17. The normalized spacial score (nSPS) is 16.7. The molecule has 19 heavy (non-hydrogen) atoms. The van der Waals surface area contributed by atoms with Gasteiger partial charge in [-0.3, -0.25) is 4.90 Å². The summed E-state index contributed by atoms with van der Waals surface area (Å²) in [6.45, 7) is 10.8. The molecule has 0 N–H and O–H groups in total. The van der Waals surface area contributed by atoms with Crippen molar-refractivity contribution in [1.82, 2.24) is 4.90 Å². The highest BCUT2D eigenvalue weighted by Crippen LogP contribution is 2.23. The van der Waals surface area contributed by atoms with Gasteiger partial charge >= 0.3 is 0 Å². The lowest BCUT2D eigenvalue weighted by Crippen LogP contribution is -2.49. The van der Waals surface area contributed by atoms with Crippen LogP contribution in [0.3, 0.4) is 0 Å². The Balaban J connectivity index is 2.13. The molecule has 0 bridgehead atoms. The van der Waals surface area contributed by atoms with Crippen LogP contribution < -0.4 is 4.90 Å². The molecular formula is C16H23N3. The zero-order valence-electron chi connectivity index (χ0n) is 12.2. The second kappa shape index (κ2) is 6.08. The molecule has 1 fully saturated rings. The lowest BCUT2D eigenvalue weighted by molar-refractivity contribution is 0.209. The summed E-state index contributed by atoms with van der Waals surface area (Å²) in [6.07, 6.45) is 0.982. The third-order valence-electron chi connectivity index (χ3n) is 3.97. The molecule has 0 aromatic heterocycles. The third kappa shape index (κ3) is 3.08. The van der Waals surface area contributed by atoms with E-state index in [1.54, 1.807) is 0 Å². The highest BCUT2D eigenvalue weighted by atomic mass is 15.3. The van der Waals surface area contributed by atoms with Crippen LogP contribution in [-0.2, 0) is 6.42 Å². The van der Waals surface area contributed by atoms with Gasteiger partial charge in [-0.15, -0.1) is 0 Å². The van der Waals surface area contributed by atoms with Crippen LogP contribution in [0.15, 0.2) is 18.2 Å². The van der Waals surface area contributed by atoms with Gasteiger partial charge in [0, 0.05) is 32.2 Å². The molecule has 0 radical (unpaired) electrons. The standard InChI is InChI=1S/C16H23N3/c1-4-14-5-6-16(15(11-14)12-17)19-9-7-18(8-10-19)13(2)3/h5-6,11,13H,4,7-10H2,1-3H3. The van der Waals surface area contributed by atoms with Crippen molar-refractivity contribution >= 4 is 5.69 Å². The smallest absolute Gasteiger partial charge is 0.101 e. The van der Waals surface area contributed by atoms with Crippen LogP contribution in [0.1, 0.15) is 31.9 Å². The Kier molecular flexibility index (Phi) is 4.44. The second-order valence-electron chi connectivity index (χ2n) is 5.43. The fourth-order valence-corrected chi connectivity index (χ4v) is 2.65. The van der Waals surface area contributed by atoms with Gasteiger partial charge in [0.2, 0.25) is 0 Å². The summed E-state index contributed by atoms with van der Waals surface area (Å²) in [6, 6.07) is 9.25. The van der Waals surface area contributed by atoms with Crippen molar-refractivity contribution in [3.8, 4) is 6.07 Å². The quantitative estimate of drug-likeness (QED) is 0.834. The first-order valence-electron chi connectivity index (χ1n) is 7.17. The Morgan fingerprint density at radius 3 is 2.42 bits per heavy atom. The molecule has 0 amide bonds. The van der Waals surface area contributed by atoms with Crippen molar-refractivity contribution in [3.05, 3.63) is 29.3 Å². The average Bonchev–Trinajstić information content (AvgIpc) is 2.46. The maximum atomic E-state index is 9.32. The minimum Gasteiger partial charge on any atom is -0.368 e. The van der Waals surface area contributed by atoms with Crippen molar-refractivity contribution in [1.29, 1.82) is 5.26 Å². The van der Waals surface area contributed by atoms with E-state index in [9.17, 15) is 5.26 Å². The minimum atomic E-state index is 0.611. The summed E-state index contributed by atoms with van der Waals surface area (Å²) >= 11 is 0. The summed E-state index contributed by atoms with van der Waals surface area (Å²) in [4.78, 5) is 4.83. The Labute approximate surface area is 116 Å². The molecule has 1 heterocycles. The lowest BCUT2D eigenvalue weighted by Gasteiger charge is -2.38. The zero-order valence-corrected chi connectivity index (χ0v) is 12.2. The molecule has 0 aliphatic carbocycles. The van der Waals surface area contributed by atoms with Crippen molar-refractivity contribution in [2.45, 2.75) is 33.2 Å². The molecule has 102 valence electrons. The molecule has 1 aromatic carbocycles. The summed E-state index contributed by atoms with van der Waals surface area (Å²) in [5.41, 5.74) is 3.15. The molecule has 0 saturated carbocycles. The SMILES string of the molecule is CCc1ccc(N2CCN(C(C)C)CC2)c(C#N)c1. The van der Waals surface area contributed by atoms with E-state index in [1.807, 2.05) is 6.07 Å². The van der Waals surface area contributed by atoms with E-state index in [2.05, 4.69) is 48.8 Å². The van der Waals surface area contributed by atoms with Gasteiger partial charge in [0.05, 0.1) is 11.3 Å². The summed E-state index contributed by atoms with van der Waals surface area (Å²) < 4.78 is 0. The van der Waals surface area contributed by atoms with Crippen molar-refractivity contribution < 1.29 is 0 Å². The maximum Gasteiger partial charge on any atom is 0.101 e. The van der Waals surface area contributed by atoms with Gasteiger partial charge in [0.1, 0.15) is 6.07 Å². The monoisotopic (exact) mass is 257 g/mol. The van der Waals surface area contributed by atoms with Gasteiger partial charge in [-0.1, -0.05) is 13.0 Å². The van der Waals surface area contributed by atoms with Crippen molar-refractivity contribution in [2.75, 3.05) is 31.1 Å². The molecule has 0 spiro atoms. The molecule has 3 nitrogen and oxygen atoms in total. The van der Waals surface area contributed by atoms with E-state index in [0.717, 1.165) is 43.9 Å². The minimum absolute atomic E-state index is 0.611. The van der Waals surface area contributed by atoms with E-state index in [1.165, 1.54) is 5.56 Å². The van der Waals surface area contributed by atoms with Crippen LogP contribution in [0.5, 0.6) is 0 Å². The molecule has 1 aromatic rings. The second-order valence-corrected chi connectivity index (χ2v) is 5.43. The molecule has 3 heteroatoms. The number of anilines is 1. The van der Waals surface area contributed by atoms with Crippen LogP contribution in [0, 0.1) is 11.3 Å². The van der Waals surface area contributed by atoms with Crippen molar-refractivity contribution in [3.63, 3.8) is 0 Å². The van der Waals surface area contributed by atoms with E-state index in [4.69, 9.17) is 0 Å². The van der Waals surface area contributed by atoms with Crippen LogP contribution in [0.25, 0.3) is 0 Å². The van der Waals surface area contributed by atoms with Gasteiger partial charge in [0.25, 0.3) is 0 Å². The van der Waals surface area contributed by atoms with E-state index in [0.29, 0.717) is 6.04 Å². The first-order chi connectivity index (χ1) is 9.15. The fraction of sp³-hybridized carbons (Fsp3) is 0.562. The van der Waals surface area contributed by atoms with Gasteiger partial charge < -0.3 is 4.90 Å². The van der Waals surface area contributed by atoms with Crippen LogP contribution in [0.4, 0.5) is 5.69 Å². The number of benzene rings is 1. The number of piperazine rings is 1. The Hall–Kier alpha value is -1.53. The maximum absolute atomic E-state index is 9.32. The number of hydrogen-bond donors (Lipinski definition) is 0. The molecule has 0 atom stereocenters. The molecular weight excluding hydrogens is 234 g/mol. The van der Waals surface area contributed by atoms with Crippen molar-refractivity contribution in [2.24, 2.45) is 0 Å². The van der Waals surface area contributed by atoms with Crippen LogP contribution >= 0.6 is 0 Å². The number of nitrogens with zero attached hydrogens (tertiary/aromatic N) is 3. The third-order valence-corrected chi connectivity index (χ3v) is 3.97. The number of hydrogen-bond acceptors (Lipinski definition) is 3. The van der Waals surface area contributed by atoms with E-state index >= 15 is 0 Å². The predicted octanol–water partition coefficient (Wildman–Crippen LogP) is 2.65. The predicted molar refractivity (Wildman–Crippen MR) is 79.5 cm³/mol.